The quantitative estimate of drug-likeness (QED) is 0.435. The molecule has 2 nitrogen and oxygen atoms in total. The number of cyclic esters (lactones) is 1. The first-order chi connectivity index (χ1) is 8.33. The van der Waals surface area contributed by atoms with Crippen molar-refractivity contribution in [2.75, 3.05) is 0 Å². The summed E-state index contributed by atoms with van der Waals surface area (Å²) < 4.78 is 4.94. The summed E-state index contributed by atoms with van der Waals surface area (Å²) in [6.07, 6.45) is 16.9. The van der Waals surface area contributed by atoms with Crippen molar-refractivity contribution in [3.05, 3.63) is 24.0 Å². The summed E-state index contributed by atoms with van der Waals surface area (Å²) >= 11 is 0. The van der Waals surface area contributed by atoms with E-state index in [2.05, 4.69) is 6.92 Å². The van der Waals surface area contributed by atoms with Gasteiger partial charge in [0.05, 0.1) is 0 Å². The van der Waals surface area contributed by atoms with Crippen molar-refractivity contribution in [1.29, 1.82) is 0 Å². The predicted octanol–water partition coefficient (Wildman–Crippen LogP) is 4.51. The van der Waals surface area contributed by atoms with E-state index in [1.807, 2.05) is 6.08 Å². The second-order valence-electron chi connectivity index (χ2n) is 4.62. The molecule has 0 spiro atoms. The molecule has 0 bridgehead atoms. The molecule has 96 valence electrons. The molecule has 0 saturated heterocycles. The average Bonchev–Trinajstić information content (AvgIpc) is 2.73. The standard InChI is InChI=1S/C15H24O2/c1-2-3-4-5-6-7-8-9-10-11-14-12-13-15(16)17-14/h11-13H,2-10H2,1H3/b14-11+. The Morgan fingerprint density at radius 2 is 1.65 bits per heavy atom. The lowest BCUT2D eigenvalue weighted by Crippen LogP contribution is -1.90. The zero-order chi connectivity index (χ0) is 12.3. The second-order valence-corrected chi connectivity index (χ2v) is 4.62. The van der Waals surface area contributed by atoms with Crippen LogP contribution >= 0.6 is 0 Å². The van der Waals surface area contributed by atoms with Gasteiger partial charge in [0, 0.05) is 6.08 Å². The molecule has 0 aromatic heterocycles. The summed E-state index contributed by atoms with van der Waals surface area (Å²) in [5.41, 5.74) is 0. The normalized spacial score (nSPS) is 16.8. The Balaban J connectivity index is 1.88. The fourth-order valence-electron chi connectivity index (χ4n) is 1.97. The molecule has 1 aliphatic rings. The molecule has 0 saturated carbocycles. The molecule has 0 radical (unpaired) electrons. The number of hydrogen-bond donors (Lipinski definition) is 0. The fourth-order valence-corrected chi connectivity index (χ4v) is 1.97. The van der Waals surface area contributed by atoms with Crippen molar-refractivity contribution >= 4 is 5.97 Å². The second kappa shape index (κ2) is 9.03. The Labute approximate surface area is 105 Å². The smallest absolute Gasteiger partial charge is 0.336 e. The van der Waals surface area contributed by atoms with Gasteiger partial charge in [-0.1, -0.05) is 51.9 Å². The van der Waals surface area contributed by atoms with Crippen LogP contribution in [0.2, 0.25) is 0 Å². The Bertz CT molecular complexity index is 277. The van der Waals surface area contributed by atoms with Crippen molar-refractivity contribution in [2.24, 2.45) is 0 Å². The van der Waals surface area contributed by atoms with Crippen LogP contribution in [0.5, 0.6) is 0 Å². The van der Waals surface area contributed by atoms with Gasteiger partial charge in [-0.25, -0.2) is 4.79 Å². The molecular formula is C15H24O2. The fraction of sp³-hybridized carbons (Fsp3) is 0.667. The van der Waals surface area contributed by atoms with Gasteiger partial charge in [0.25, 0.3) is 0 Å². The van der Waals surface area contributed by atoms with Gasteiger partial charge in [0.2, 0.25) is 0 Å². The largest absolute Gasteiger partial charge is 0.424 e. The molecule has 1 rings (SSSR count). The van der Waals surface area contributed by atoms with Crippen LogP contribution in [0, 0.1) is 0 Å². The number of rotatable bonds is 9. The molecule has 0 aromatic rings. The molecule has 17 heavy (non-hydrogen) atoms. The highest BCUT2D eigenvalue weighted by atomic mass is 16.5. The van der Waals surface area contributed by atoms with Gasteiger partial charge in [0.1, 0.15) is 5.76 Å². The van der Waals surface area contributed by atoms with E-state index < -0.39 is 0 Å². The molecule has 0 aliphatic carbocycles. The molecule has 0 aromatic carbocycles. The Kier molecular flexibility index (Phi) is 7.44. The zero-order valence-electron chi connectivity index (χ0n) is 10.9. The molecule has 0 unspecified atom stereocenters. The minimum absolute atomic E-state index is 0.243. The highest BCUT2D eigenvalue weighted by Crippen LogP contribution is 2.13. The Hall–Kier alpha value is -1.05. The van der Waals surface area contributed by atoms with Crippen molar-refractivity contribution in [3.63, 3.8) is 0 Å². The Morgan fingerprint density at radius 1 is 1.00 bits per heavy atom. The minimum atomic E-state index is -0.243. The zero-order valence-corrected chi connectivity index (χ0v) is 10.9. The van der Waals surface area contributed by atoms with Gasteiger partial charge in [-0.2, -0.15) is 0 Å². The number of unbranched alkanes of at least 4 members (excludes halogenated alkanes) is 8. The summed E-state index contributed by atoms with van der Waals surface area (Å²) in [6, 6.07) is 0. The lowest BCUT2D eigenvalue weighted by Gasteiger charge is -2.00. The topological polar surface area (TPSA) is 26.3 Å². The third kappa shape index (κ3) is 6.98. The van der Waals surface area contributed by atoms with Gasteiger partial charge in [0.15, 0.2) is 0 Å². The van der Waals surface area contributed by atoms with Crippen LogP contribution < -0.4 is 0 Å². The van der Waals surface area contributed by atoms with E-state index in [0.717, 1.165) is 12.2 Å². The van der Waals surface area contributed by atoms with Crippen LogP contribution in [0.1, 0.15) is 64.7 Å². The Morgan fingerprint density at radius 3 is 2.24 bits per heavy atom. The number of allylic oxidation sites excluding steroid dienone is 2. The van der Waals surface area contributed by atoms with Crippen molar-refractivity contribution in [1.82, 2.24) is 0 Å². The van der Waals surface area contributed by atoms with Crippen LogP contribution in [0.3, 0.4) is 0 Å². The van der Waals surface area contributed by atoms with Gasteiger partial charge < -0.3 is 4.74 Å². The lowest BCUT2D eigenvalue weighted by atomic mass is 10.1. The van der Waals surface area contributed by atoms with Crippen molar-refractivity contribution in [2.45, 2.75) is 64.7 Å². The average molecular weight is 236 g/mol. The van der Waals surface area contributed by atoms with E-state index in [-0.39, 0.29) is 5.97 Å². The van der Waals surface area contributed by atoms with E-state index >= 15 is 0 Å². The van der Waals surface area contributed by atoms with Crippen LogP contribution in [0.15, 0.2) is 24.0 Å². The van der Waals surface area contributed by atoms with E-state index in [9.17, 15) is 4.79 Å². The molecule has 2 heteroatoms. The molecular weight excluding hydrogens is 212 g/mol. The molecule has 0 fully saturated rings. The van der Waals surface area contributed by atoms with Crippen molar-refractivity contribution in [3.8, 4) is 0 Å². The highest BCUT2D eigenvalue weighted by Gasteiger charge is 2.07. The first-order valence-corrected chi connectivity index (χ1v) is 6.93. The van der Waals surface area contributed by atoms with Gasteiger partial charge >= 0.3 is 5.97 Å². The number of ether oxygens (including phenoxy) is 1. The molecule has 0 N–H and O–H groups in total. The van der Waals surface area contributed by atoms with Crippen molar-refractivity contribution < 1.29 is 9.53 Å². The molecule has 0 atom stereocenters. The van der Waals surface area contributed by atoms with Crippen LogP contribution in [0.4, 0.5) is 0 Å². The predicted molar refractivity (Wildman–Crippen MR) is 70.5 cm³/mol. The third-order valence-corrected chi connectivity index (χ3v) is 3.01. The monoisotopic (exact) mass is 236 g/mol. The molecule has 1 heterocycles. The van der Waals surface area contributed by atoms with E-state index in [1.54, 1.807) is 6.08 Å². The van der Waals surface area contributed by atoms with Crippen LogP contribution in [-0.2, 0) is 9.53 Å². The third-order valence-electron chi connectivity index (χ3n) is 3.01. The number of carbonyl (C=O) groups excluding carboxylic acids is 1. The summed E-state index contributed by atoms with van der Waals surface area (Å²) in [5.74, 6) is 0.477. The van der Waals surface area contributed by atoms with Gasteiger partial charge in [-0.3, -0.25) is 0 Å². The van der Waals surface area contributed by atoms with E-state index in [1.165, 1.54) is 57.4 Å². The van der Waals surface area contributed by atoms with Gasteiger partial charge in [-0.15, -0.1) is 0 Å². The molecule has 1 aliphatic heterocycles. The maximum atomic E-state index is 10.8. The summed E-state index contributed by atoms with van der Waals surface area (Å²) in [6.45, 7) is 2.25. The number of carbonyl (C=O) groups is 1. The highest BCUT2D eigenvalue weighted by molar-refractivity contribution is 5.86. The first kappa shape index (κ1) is 14.0. The van der Waals surface area contributed by atoms with Crippen LogP contribution in [0.25, 0.3) is 0 Å². The van der Waals surface area contributed by atoms with E-state index in [0.29, 0.717) is 0 Å². The first-order valence-electron chi connectivity index (χ1n) is 6.93. The molecule has 0 amide bonds. The summed E-state index contributed by atoms with van der Waals surface area (Å²) in [4.78, 5) is 10.8. The van der Waals surface area contributed by atoms with Crippen LogP contribution in [-0.4, -0.2) is 5.97 Å². The number of esters is 1. The van der Waals surface area contributed by atoms with E-state index in [4.69, 9.17) is 4.74 Å². The SMILES string of the molecule is CCCCCCCCCC/C=C1\C=CC(=O)O1. The maximum absolute atomic E-state index is 10.8. The number of hydrogen-bond acceptors (Lipinski definition) is 2. The maximum Gasteiger partial charge on any atom is 0.336 e. The summed E-state index contributed by atoms with van der Waals surface area (Å²) in [5, 5.41) is 0. The lowest BCUT2D eigenvalue weighted by molar-refractivity contribution is -0.132. The summed E-state index contributed by atoms with van der Waals surface area (Å²) in [7, 11) is 0. The minimum Gasteiger partial charge on any atom is -0.424 e. The van der Waals surface area contributed by atoms with Gasteiger partial charge in [-0.05, 0) is 25.0 Å².